The molecule has 0 heterocycles. The molecule has 0 rings (SSSR count). The average molecular weight is 386 g/mol. The van der Waals surface area contributed by atoms with Crippen LogP contribution in [0.5, 0.6) is 0 Å². The molecule has 0 aromatic heterocycles. The maximum atomic E-state index is 11.6. The molecule has 24 heavy (non-hydrogen) atoms. The molecule has 0 amide bonds. The third-order valence-corrected chi connectivity index (χ3v) is 6.12. The van der Waals surface area contributed by atoms with E-state index < -0.39 is 43.1 Å². The number of esters is 2. The smallest absolute Gasteiger partial charge is 0.321 e. The molecule has 8 nitrogen and oxygen atoms in total. The van der Waals surface area contributed by atoms with Gasteiger partial charge in [0.15, 0.2) is 19.7 Å². The summed E-state index contributed by atoms with van der Waals surface area (Å²) >= 11 is 0. The Morgan fingerprint density at radius 3 is 1.29 bits per heavy atom. The van der Waals surface area contributed by atoms with Crippen molar-refractivity contribution in [3.63, 3.8) is 0 Å². The van der Waals surface area contributed by atoms with Gasteiger partial charge in [0, 0.05) is 0 Å². The van der Waals surface area contributed by atoms with Crippen LogP contribution in [0, 0.1) is 0 Å². The predicted molar refractivity (Wildman–Crippen MR) is 89.0 cm³/mol. The highest BCUT2D eigenvalue weighted by atomic mass is 32.2. The summed E-state index contributed by atoms with van der Waals surface area (Å²) < 4.78 is 55.7. The lowest BCUT2D eigenvalue weighted by atomic mass is 10.2. The monoisotopic (exact) mass is 386 g/mol. The van der Waals surface area contributed by atoms with E-state index in [1.54, 1.807) is 13.8 Å². The van der Waals surface area contributed by atoms with Gasteiger partial charge in [-0.1, -0.05) is 12.8 Å². The standard InChI is InChI=1S/C14H26O8S2/c1-3-21-13(15)11-23(17,18)9-7-5-6-8-10-24(19,20)12-14(16)22-4-2/h3-12H2,1-2H3. The van der Waals surface area contributed by atoms with Crippen molar-refractivity contribution >= 4 is 31.6 Å². The van der Waals surface area contributed by atoms with Crippen LogP contribution in [0.15, 0.2) is 0 Å². The fraction of sp³-hybridized carbons (Fsp3) is 0.857. The van der Waals surface area contributed by atoms with Crippen molar-refractivity contribution in [1.29, 1.82) is 0 Å². The number of unbranched alkanes of at least 4 members (excludes halogenated alkanes) is 3. The molecule has 0 bridgehead atoms. The summed E-state index contributed by atoms with van der Waals surface area (Å²) in [6.45, 7) is 3.46. The predicted octanol–water partition coefficient (Wildman–Crippen LogP) is 0.503. The molecule has 0 N–H and O–H groups in total. The van der Waals surface area contributed by atoms with E-state index in [0.29, 0.717) is 25.7 Å². The Bertz CT molecular complexity index is 538. The number of hydrogen-bond acceptors (Lipinski definition) is 8. The van der Waals surface area contributed by atoms with E-state index >= 15 is 0 Å². The zero-order valence-corrected chi connectivity index (χ0v) is 15.8. The van der Waals surface area contributed by atoms with E-state index in [0.717, 1.165) is 0 Å². The fourth-order valence-corrected chi connectivity index (χ4v) is 4.37. The van der Waals surface area contributed by atoms with Crippen LogP contribution in [-0.2, 0) is 38.7 Å². The van der Waals surface area contributed by atoms with Crippen molar-refractivity contribution in [3.8, 4) is 0 Å². The molecular formula is C14H26O8S2. The molecule has 0 aliphatic carbocycles. The Morgan fingerprint density at radius 2 is 1.00 bits per heavy atom. The van der Waals surface area contributed by atoms with Crippen LogP contribution in [0.25, 0.3) is 0 Å². The summed E-state index contributed by atoms with van der Waals surface area (Å²) in [6.07, 6.45) is 1.74. The van der Waals surface area contributed by atoms with Gasteiger partial charge in [-0.2, -0.15) is 0 Å². The van der Waals surface area contributed by atoms with Gasteiger partial charge in [-0.3, -0.25) is 9.59 Å². The van der Waals surface area contributed by atoms with Gasteiger partial charge in [0.25, 0.3) is 0 Å². The number of carbonyl (C=O) groups is 2. The topological polar surface area (TPSA) is 121 Å². The van der Waals surface area contributed by atoms with Gasteiger partial charge < -0.3 is 9.47 Å². The number of sulfone groups is 2. The lowest BCUT2D eigenvalue weighted by molar-refractivity contribution is -0.140. The molecule has 10 heteroatoms. The maximum absolute atomic E-state index is 11.6. The van der Waals surface area contributed by atoms with Crippen LogP contribution in [0.2, 0.25) is 0 Å². The third-order valence-electron chi connectivity index (χ3n) is 2.95. The minimum absolute atomic E-state index is 0.134. The molecule has 0 saturated heterocycles. The summed E-state index contributed by atoms with van der Waals surface area (Å²) in [5, 5.41) is 0. The van der Waals surface area contributed by atoms with Crippen LogP contribution in [0.3, 0.4) is 0 Å². The summed E-state index contributed by atoms with van der Waals surface area (Å²) in [6, 6.07) is 0. The normalized spacial score (nSPS) is 11.9. The lowest BCUT2D eigenvalue weighted by Gasteiger charge is -2.05. The van der Waals surface area contributed by atoms with Gasteiger partial charge in [0.2, 0.25) is 0 Å². The molecule has 0 atom stereocenters. The Balaban J connectivity index is 3.94. The number of rotatable bonds is 13. The van der Waals surface area contributed by atoms with Gasteiger partial charge >= 0.3 is 11.9 Å². The van der Waals surface area contributed by atoms with Crippen LogP contribution in [0.4, 0.5) is 0 Å². The Hall–Kier alpha value is -1.16. The van der Waals surface area contributed by atoms with Crippen LogP contribution < -0.4 is 0 Å². The van der Waals surface area contributed by atoms with Crippen molar-refractivity contribution in [1.82, 2.24) is 0 Å². The minimum Gasteiger partial charge on any atom is -0.465 e. The Morgan fingerprint density at radius 1 is 0.667 bits per heavy atom. The summed E-state index contributed by atoms with van der Waals surface area (Å²) in [5.41, 5.74) is 0. The Kier molecular flexibility index (Phi) is 10.9. The van der Waals surface area contributed by atoms with Crippen LogP contribution in [-0.4, -0.2) is 65.0 Å². The SMILES string of the molecule is CCOC(=O)CS(=O)(=O)CCCCCCS(=O)(=O)CC(=O)OCC. The molecule has 0 spiro atoms. The fourth-order valence-electron chi connectivity index (χ4n) is 1.91. The second-order valence-corrected chi connectivity index (χ2v) is 9.58. The average Bonchev–Trinajstić information content (AvgIpc) is 2.41. The molecule has 142 valence electrons. The maximum Gasteiger partial charge on any atom is 0.321 e. The first-order chi connectivity index (χ1) is 11.1. The molecule has 0 aliphatic rings. The van der Waals surface area contributed by atoms with E-state index in [1.807, 2.05) is 0 Å². The van der Waals surface area contributed by atoms with Gasteiger partial charge in [-0.05, 0) is 26.7 Å². The highest BCUT2D eigenvalue weighted by Gasteiger charge is 2.18. The molecule has 0 unspecified atom stereocenters. The first kappa shape index (κ1) is 22.8. The van der Waals surface area contributed by atoms with Crippen molar-refractivity contribution in [2.24, 2.45) is 0 Å². The zero-order valence-electron chi connectivity index (χ0n) is 14.2. The molecule has 0 radical (unpaired) electrons. The molecule has 0 aliphatic heterocycles. The molecule has 0 aromatic carbocycles. The van der Waals surface area contributed by atoms with Crippen LogP contribution in [0.1, 0.15) is 39.5 Å². The largest absolute Gasteiger partial charge is 0.465 e. The molecular weight excluding hydrogens is 360 g/mol. The van der Waals surface area contributed by atoms with Crippen molar-refractivity contribution in [2.45, 2.75) is 39.5 Å². The highest BCUT2D eigenvalue weighted by molar-refractivity contribution is 7.92. The quantitative estimate of drug-likeness (QED) is 0.331. The van der Waals surface area contributed by atoms with Gasteiger partial charge in [-0.15, -0.1) is 0 Å². The summed E-state index contributed by atoms with van der Waals surface area (Å²) in [5.74, 6) is -3.06. The van der Waals surface area contributed by atoms with Crippen molar-refractivity contribution in [3.05, 3.63) is 0 Å². The summed E-state index contributed by atoms with van der Waals surface area (Å²) in [4.78, 5) is 22.3. The van der Waals surface area contributed by atoms with E-state index in [1.165, 1.54) is 0 Å². The summed E-state index contributed by atoms with van der Waals surface area (Å²) in [7, 11) is -6.99. The number of ether oxygens (including phenoxy) is 2. The Labute approximate surface area is 143 Å². The van der Waals surface area contributed by atoms with Crippen molar-refractivity contribution in [2.75, 3.05) is 36.2 Å². The first-order valence-corrected chi connectivity index (χ1v) is 11.5. The third kappa shape index (κ3) is 12.3. The zero-order chi connectivity index (χ0) is 18.6. The number of carbonyl (C=O) groups excluding carboxylic acids is 2. The van der Waals surface area contributed by atoms with Gasteiger partial charge in [0.1, 0.15) is 11.5 Å². The molecule has 0 saturated carbocycles. The van der Waals surface area contributed by atoms with Crippen molar-refractivity contribution < 1.29 is 35.9 Å². The second-order valence-electron chi connectivity index (χ2n) is 5.21. The van der Waals surface area contributed by atoms with Crippen LogP contribution >= 0.6 is 0 Å². The lowest BCUT2D eigenvalue weighted by Crippen LogP contribution is -2.21. The van der Waals surface area contributed by atoms with E-state index in [4.69, 9.17) is 0 Å². The highest BCUT2D eigenvalue weighted by Crippen LogP contribution is 2.06. The first-order valence-electron chi connectivity index (χ1n) is 7.84. The van der Waals surface area contributed by atoms with E-state index in [2.05, 4.69) is 9.47 Å². The van der Waals surface area contributed by atoms with Gasteiger partial charge in [-0.25, -0.2) is 16.8 Å². The minimum atomic E-state index is -3.49. The van der Waals surface area contributed by atoms with E-state index in [-0.39, 0.29) is 24.7 Å². The molecule has 0 aromatic rings. The molecule has 0 fully saturated rings. The number of hydrogen-bond donors (Lipinski definition) is 0. The van der Waals surface area contributed by atoms with E-state index in [9.17, 15) is 26.4 Å². The second kappa shape index (κ2) is 11.4. The van der Waals surface area contributed by atoms with Gasteiger partial charge in [0.05, 0.1) is 24.7 Å².